The van der Waals surface area contributed by atoms with E-state index in [1.807, 2.05) is 0 Å². The highest BCUT2D eigenvalue weighted by Gasteiger charge is 2.41. The molecule has 0 aliphatic heterocycles. The number of nitrogens with zero attached hydrogens (tertiary/aromatic N) is 2. The van der Waals surface area contributed by atoms with E-state index in [4.69, 9.17) is 11.6 Å². The van der Waals surface area contributed by atoms with Gasteiger partial charge in [0.05, 0.1) is 10.6 Å². The second kappa shape index (κ2) is 6.88. The van der Waals surface area contributed by atoms with Gasteiger partial charge >= 0.3 is 0 Å². The zero-order valence-electron chi connectivity index (χ0n) is 13.7. The first-order valence-corrected chi connectivity index (χ1v) is 11.0. The van der Waals surface area contributed by atoms with E-state index in [1.165, 1.54) is 6.42 Å². The fourth-order valence-corrected chi connectivity index (χ4v) is 6.27. The van der Waals surface area contributed by atoms with E-state index in [9.17, 15) is 13.2 Å². The van der Waals surface area contributed by atoms with Gasteiger partial charge in [0.1, 0.15) is 0 Å². The highest BCUT2D eigenvalue weighted by Crippen LogP contribution is 2.44. The third-order valence-corrected chi connectivity index (χ3v) is 8.05. The first-order valence-electron chi connectivity index (χ1n) is 8.34. The first kappa shape index (κ1) is 17.8. The number of halogens is 1. The van der Waals surface area contributed by atoms with Crippen molar-refractivity contribution >= 4 is 44.0 Å². The molecule has 10 heteroatoms. The lowest BCUT2D eigenvalue weighted by atomic mass is 9.96. The summed E-state index contributed by atoms with van der Waals surface area (Å²) in [5.41, 5.74) is 0.286. The Labute approximate surface area is 160 Å². The molecular weight excluding hydrogens is 396 g/mol. The normalized spacial score (nSPS) is 24.7. The fraction of sp³-hybridized carbons (Fsp3) is 0.438. The largest absolute Gasteiger partial charge is 0.296 e. The number of hydrogen-bond donors (Lipinski definition) is 2. The molecule has 2 aromatic rings. The average Bonchev–Trinajstić information content (AvgIpc) is 3.31. The zero-order chi connectivity index (χ0) is 18.3. The predicted molar refractivity (Wildman–Crippen MR) is 98.9 cm³/mol. The summed E-state index contributed by atoms with van der Waals surface area (Å²) in [6.07, 6.45) is 4.26. The summed E-state index contributed by atoms with van der Waals surface area (Å²) >= 11 is 6.81. The van der Waals surface area contributed by atoms with Crippen molar-refractivity contribution in [2.75, 3.05) is 5.32 Å². The Hall–Kier alpha value is -1.55. The quantitative estimate of drug-likeness (QED) is 0.735. The summed E-state index contributed by atoms with van der Waals surface area (Å²) in [6.45, 7) is 0. The monoisotopic (exact) mass is 412 g/mol. The van der Waals surface area contributed by atoms with Crippen molar-refractivity contribution in [3.63, 3.8) is 0 Å². The SMILES string of the molecule is O=C(Nc1nnc(S(=O)(=O)NC2CC3CCC2C3)s1)c1ccccc1Cl. The van der Waals surface area contributed by atoms with Gasteiger partial charge in [0, 0.05) is 6.04 Å². The van der Waals surface area contributed by atoms with E-state index in [0.29, 0.717) is 16.9 Å². The summed E-state index contributed by atoms with van der Waals surface area (Å²) in [6, 6.07) is 6.56. The highest BCUT2D eigenvalue weighted by molar-refractivity contribution is 7.91. The van der Waals surface area contributed by atoms with Crippen molar-refractivity contribution in [3.8, 4) is 0 Å². The van der Waals surface area contributed by atoms with Crippen LogP contribution >= 0.6 is 22.9 Å². The van der Waals surface area contributed by atoms with Crippen molar-refractivity contribution in [3.05, 3.63) is 34.9 Å². The molecule has 0 saturated heterocycles. The van der Waals surface area contributed by atoms with Gasteiger partial charge in [0.15, 0.2) is 0 Å². The molecule has 7 nitrogen and oxygen atoms in total. The number of hydrogen-bond acceptors (Lipinski definition) is 6. The summed E-state index contributed by atoms with van der Waals surface area (Å²) in [5, 5.41) is 10.5. The van der Waals surface area contributed by atoms with Gasteiger partial charge in [0.2, 0.25) is 9.47 Å². The number of aromatic nitrogens is 2. The van der Waals surface area contributed by atoms with Gasteiger partial charge < -0.3 is 0 Å². The molecule has 2 N–H and O–H groups in total. The third-order valence-electron chi connectivity index (χ3n) is 5.02. The lowest BCUT2D eigenvalue weighted by molar-refractivity contribution is 0.102. The van der Waals surface area contributed by atoms with Gasteiger partial charge in [-0.05, 0) is 43.2 Å². The van der Waals surface area contributed by atoms with Crippen molar-refractivity contribution in [1.29, 1.82) is 0 Å². The Kier molecular flexibility index (Phi) is 4.72. The highest BCUT2D eigenvalue weighted by atomic mass is 35.5. The molecule has 1 amide bonds. The lowest BCUT2D eigenvalue weighted by Gasteiger charge is -2.21. The molecular formula is C16H17ClN4O3S2. The van der Waals surface area contributed by atoms with E-state index in [1.54, 1.807) is 24.3 Å². The minimum absolute atomic E-state index is 0.0242. The lowest BCUT2D eigenvalue weighted by Crippen LogP contribution is -2.38. The van der Waals surface area contributed by atoms with Crippen LogP contribution in [0, 0.1) is 11.8 Å². The average molecular weight is 413 g/mol. The van der Waals surface area contributed by atoms with Gasteiger partial charge in [-0.25, -0.2) is 13.1 Å². The molecule has 0 radical (unpaired) electrons. The first-order chi connectivity index (χ1) is 12.4. The van der Waals surface area contributed by atoms with Gasteiger partial charge in [-0.2, -0.15) is 0 Å². The van der Waals surface area contributed by atoms with E-state index < -0.39 is 15.9 Å². The Balaban J connectivity index is 1.45. The minimum atomic E-state index is -3.74. The van der Waals surface area contributed by atoms with Crippen molar-refractivity contribution in [2.24, 2.45) is 11.8 Å². The molecule has 2 aliphatic carbocycles. The molecule has 3 unspecified atom stereocenters. The van der Waals surface area contributed by atoms with E-state index in [-0.39, 0.29) is 21.1 Å². The fourth-order valence-electron chi connectivity index (χ4n) is 3.82. The number of fused-ring (bicyclic) bond motifs is 2. The van der Waals surface area contributed by atoms with Crippen molar-refractivity contribution < 1.29 is 13.2 Å². The molecule has 0 spiro atoms. The van der Waals surface area contributed by atoms with E-state index in [0.717, 1.165) is 30.6 Å². The van der Waals surface area contributed by atoms with Crippen LogP contribution < -0.4 is 10.0 Å². The Morgan fingerprint density at radius 3 is 2.69 bits per heavy atom. The summed E-state index contributed by atoms with van der Waals surface area (Å²) in [7, 11) is -3.74. The smallest absolute Gasteiger partial charge is 0.270 e. The Morgan fingerprint density at radius 2 is 2.00 bits per heavy atom. The molecule has 26 heavy (non-hydrogen) atoms. The topological polar surface area (TPSA) is 101 Å². The molecule has 1 aromatic carbocycles. The maximum absolute atomic E-state index is 12.6. The van der Waals surface area contributed by atoms with Crippen molar-refractivity contribution in [1.82, 2.24) is 14.9 Å². The maximum atomic E-state index is 12.6. The standard InChI is InChI=1S/C16H17ClN4O3S2/c17-12-4-2-1-3-11(12)14(22)18-15-19-20-16(25-15)26(23,24)21-13-8-9-5-6-10(13)7-9/h1-4,9-10,13,21H,5-8H2,(H,18,19,22). The van der Waals surface area contributed by atoms with Crippen LogP contribution in [0.5, 0.6) is 0 Å². The number of amides is 1. The number of anilines is 1. The van der Waals surface area contributed by atoms with Crippen LogP contribution in [0.4, 0.5) is 5.13 Å². The molecule has 2 saturated carbocycles. The maximum Gasteiger partial charge on any atom is 0.270 e. The third kappa shape index (κ3) is 3.48. The molecule has 138 valence electrons. The molecule has 2 bridgehead atoms. The molecule has 1 heterocycles. The summed E-state index contributed by atoms with van der Waals surface area (Å²) in [5.74, 6) is 0.589. The number of sulfonamides is 1. The summed E-state index contributed by atoms with van der Waals surface area (Å²) in [4.78, 5) is 12.2. The second-order valence-electron chi connectivity index (χ2n) is 6.71. The van der Waals surface area contributed by atoms with Crippen LogP contribution in [-0.4, -0.2) is 30.6 Å². The minimum Gasteiger partial charge on any atom is -0.296 e. The van der Waals surface area contributed by atoms with E-state index in [2.05, 4.69) is 20.2 Å². The Bertz CT molecular complexity index is 946. The van der Waals surface area contributed by atoms with Crippen LogP contribution in [0.3, 0.4) is 0 Å². The van der Waals surface area contributed by atoms with Crippen LogP contribution in [0.25, 0.3) is 0 Å². The van der Waals surface area contributed by atoms with Crippen LogP contribution in [-0.2, 0) is 10.0 Å². The molecule has 4 rings (SSSR count). The number of benzene rings is 1. The number of nitrogens with one attached hydrogen (secondary N) is 2. The number of carbonyl (C=O) groups is 1. The number of rotatable bonds is 5. The summed E-state index contributed by atoms with van der Waals surface area (Å²) < 4.78 is 27.7. The zero-order valence-corrected chi connectivity index (χ0v) is 16.1. The molecule has 1 aromatic heterocycles. The van der Waals surface area contributed by atoms with Crippen LogP contribution in [0.15, 0.2) is 28.6 Å². The molecule has 2 aliphatic rings. The second-order valence-corrected chi connectivity index (χ2v) is 9.98. The molecule has 3 atom stereocenters. The van der Waals surface area contributed by atoms with Crippen molar-refractivity contribution in [2.45, 2.75) is 36.1 Å². The van der Waals surface area contributed by atoms with Gasteiger partial charge in [-0.15, -0.1) is 10.2 Å². The predicted octanol–water partition coefficient (Wildman–Crippen LogP) is 2.91. The Morgan fingerprint density at radius 1 is 1.19 bits per heavy atom. The van der Waals surface area contributed by atoms with Crippen LogP contribution in [0.2, 0.25) is 5.02 Å². The number of carbonyl (C=O) groups excluding carboxylic acids is 1. The van der Waals surface area contributed by atoms with E-state index >= 15 is 0 Å². The van der Waals surface area contributed by atoms with Gasteiger partial charge in [-0.1, -0.05) is 41.5 Å². The van der Waals surface area contributed by atoms with Gasteiger partial charge in [0.25, 0.3) is 15.9 Å². The molecule has 2 fully saturated rings. The van der Waals surface area contributed by atoms with Gasteiger partial charge in [-0.3, -0.25) is 10.1 Å². The van der Waals surface area contributed by atoms with Crippen LogP contribution in [0.1, 0.15) is 36.0 Å².